The van der Waals surface area contributed by atoms with Crippen LogP contribution in [0.5, 0.6) is 0 Å². The highest BCUT2D eigenvalue weighted by Gasteiger charge is 2.17. The molecule has 1 aromatic heterocycles. The number of hydrogen-bond acceptors (Lipinski definition) is 5. The van der Waals surface area contributed by atoms with Crippen LogP contribution in [-0.4, -0.2) is 40.6 Å². The zero-order chi connectivity index (χ0) is 11.4. The van der Waals surface area contributed by atoms with Gasteiger partial charge in [0.05, 0.1) is 5.69 Å². The number of nitrogens with zero attached hydrogens (tertiary/aromatic N) is 3. The van der Waals surface area contributed by atoms with Gasteiger partial charge in [0.1, 0.15) is 5.69 Å². The smallest absolute Gasteiger partial charge is 0.190 e. The molecule has 6 heteroatoms. The Kier molecular flexibility index (Phi) is 3.51. The molecular formula is C10H14N4OS. The summed E-state index contributed by atoms with van der Waals surface area (Å²) in [7, 11) is 0. The maximum Gasteiger partial charge on any atom is 0.190 e. The van der Waals surface area contributed by atoms with Crippen LogP contribution >= 0.6 is 11.8 Å². The van der Waals surface area contributed by atoms with Crippen molar-refractivity contribution < 1.29 is 5.21 Å². The zero-order valence-corrected chi connectivity index (χ0v) is 9.65. The number of amidine groups is 1. The summed E-state index contributed by atoms with van der Waals surface area (Å²) in [6, 6.07) is 3.82. The standard InChI is InChI=1S/C10H14N4OS/c11-10(13-15)9-8(2-1-3-12-9)14-4-6-16-7-5-14/h1-3,15H,4-7H2,(H2,11,13). The Morgan fingerprint density at radius 2 is 2.25 bits per heavy atom. The molecule has 5 nitrogen and oxygen atoms in total. The van der Waals surface area contributed by atoms with E-state index in [1.165, 1.54) is 0 Å². The Morgan fingerprint density at radius 3 is 2.94 bits per heavy atom. The van der Waals surface area contributed by atoms with Crippen molar-refractivity contribution in [1.29, 1.82) is 0 Å². The largest absolute Gasteiger partial charge is 0.409 e. The predicted octanol–water partition coefficient (Wildman–Crippen LogP) is 0.729. The SMILES string of the molecule is N/C(=N/O)c1ncccc1N1CCSCC1. The third-order valence-electron chi connectivity index (χ3n) is 2.49. The van der Waals surface area contributed by atoms with E-state index in [1.807, 2.05) is 23.9 Å². The van der Waals surface area contributed by atoms with Crippen molar-refractivity contribution in [3.8, 4) is 0 Å². The van der Waals surface area contributed by atoms with Crippen LogP contribution in [0.25, 0.3) is 0 Å². The second-order valence-electron chi connectivity index (χ2n) is 3.46. The highest BCUT2D eigenvalue weighted by molar-refractivity contribution is 7.99. The van der Waals surface area contributed by atoms with E-state index in [9.17, 15) is 0 Å². The molecule has 0 radical (unpaired) electrons. The Balaban J connectivity index is 2.31. The topological polar surface area (TPSA) is 74.7 Å². The van der Waals surface area contributed by atoms with Gasteiger partial charge in [-0.15, -0.1) is 0 Å². The molecule has 1 aliphatic rings. The lowest BCUT2D eigenvalue weighted by Gasteiger charge is -2.29. The Hall–Kier alpha value is -1.43. The number of anilines is 1. The van der Waals surface area contributed by atoms with E-state index < -0.39 is 0 Å². The van der Waals surface area contributed by atoms with Crippen LogP contribution in [-0.2, 0) is 0 Å². The van der Waals surface area contributed by atoms with Crippen LogP contribution in [0.1, 0.15) is 5.69 Å². The molecule has 1 fully saturated rings. The highest BCUT2D eigenvalue weighted by Crippen LogP contribution is 2.21. The number of hydrogen-bond donors (Lipinski definition) is 2. The summed E-state index contributed by atoms with van der Waals surface area (Å²) in [6.07, 6.45) is 1.65. The molecule has 3 N–H and O–H groups in total. The maximum atomic E-state index is 8.71. The van der Waals surface area contributed by atoms with Crippen molar-refractivity contribution in [3.63, 3.8) is 0 Å². The molecule has 16 heavy (non-hydrogen) atoms. The summed E-state index contributed by atoms with van der Waals surface area (Å²) in [4.78, 5) is 6.38. The van der Waals surface area contributed by atoms with Crippen molar-refractivity contribution in [3.05, 3.63) is 24.0 Å². The minimum Gasteiger partial charge on any atom is -0.409 e. The fraction of sp³-hybridized carbons (Fsp3) is 0.400. The molecule has 2 heterocycles. The second kappa shape index (κ2) is 5.07. The first kappa shape index (κ1) is 11.1. The fourth-order valence-corrected chi connectivity index (χ4v) is 2.60. The molecule has 0 spiro atoms. The van der Waals surface area contributed by atoms with Crippen molar-refractivity contribution in [2.24, 2.45) is 10.9 Å². The molecule has 0 atom stereocenters. The first-order chi connectivity index (χ1) is 7.83. The van der Waals surface area contributed by atoms with Gasteiger partial charge in [0, 0.05) is 30.8 Å². The summed E-state index contributed by atoms with van der Waals surface area (Å²) in [5.74, 6) is 2.27. The number of aromatic nitrogens is 1. The monoisotopic (exact) mass is 238 g/mol. The zero-order valence-electron chi connectivity index (χ0n) is 8.83. The molecule has 0 aliphatic carbocycles. The van der Waals surface area contributed by atoms with Gasteiger partial charge in [-0.2, -0.15) is 11.8 Å². The molecular weight excluding hydrogens is 224 g/mol. The van der Waals surface area contributed by atoms with E-state index in [0.717, 1.165) is 30.3 Å². The van der Waals surface area contributed by atoms with Gasteiger partial charge < -0.3 is 15.8 Å². The van der Waals surface area contributed by atoms with E-state index in [0.29, 0.717) is 5.69 Å². The number of nitrogens with two attached hydrogens (primary N) is 1. The van der Waals surface area contributed by atoms with Gasteiger partial charge in [-0.05, 0) is 12.1 Å². The van der Waals surface area contributed by atoms with Gasteiger partial charge in [0.15, 0.2) is 5.84 Å². The first-order valence-electron chi connectivity index (χ1n) is 5.08. The number of rotatable bonds is 2. The van der Waals surface area contributed by atoms with E-state index in [4.69, 9.17) is 10.9 Å². The van der Waals surface area contributed by atoms with Crippen LogP contribution in [0.4, 0.5) is 5.69 Å². The van der Waals surface area contributed by atoms with Crippen molar-refractivity contribution in [2.45, 2.75) is 0 Å². The Labute approximate surface area is 98.3 Å². The van der Waals surface area contributed by atoms with Crippen molar-refractivity contribution >= 4 is 23.3 Å². The first-order valence-corrected chi connectivity index (χ1v) is 6.24. The molecule has 0 aromatic carbocycles. The van der Waals surface area contributed by atoms with Gasteiger partial charge in [-0.3, -0.25) is 4.98 Å². The number of pyridine rings is 1. The van der Waals surface area contributed by atoms with Gasteiger partial charge in [0.2, 0.25) is 0 Å². The van der Waals surface area contributed by atoms with Gasteiger partial charge in [-0.25, -0.2) is 0 Å². The maximum absolute atomic E-state index is 8.71. The van der Waals surface area contributed by atoms with Crippen LogP contribution in [0.15, 0.2) is 23.5 Å². The normalized spacial score (nSPS) is 17.5. The van der Waals surface area contributed by atoms with Crippen LogP contribution in [0, 0.1) is 0 Å². The molecule has 0 bridgehead atoms. The molecule has 0 amide bonds. The van der Waals surface area contributed by atoms with Crippen molar-refractivity contribution in [1.82, 2.24) is 4.98 Å². The molecule has 0 unspecified atom stereocenters. The lowest BCUT2D eigenvalue weighted by atomic mass is 10.2. The van der Waals surface area contributed by atoms with Crippen LogP contribution < -0.4 is 10.6 Å². The lowest BCUT2D eigenvalue weighted by molar-refractivity contribution is 0.318. The minimum atomic E-state index is 0.0637. The summed E-state index contributed by atoms with van der Waals surface area (Å²) in [5, 5.41) is 11.7. The van der Waals surface area contributed by atoms with E-state index >= 15 is 0 Å². The molecule has 1 aromatic rings. The Morgan fingerprint density at radius 1 is 1.50 bits per heavy atom. The summed E-state index contributed by atoms with van der Waals surface area (Å²) >= 11 is 1.94. The highest BCUT2D eigenvalue weighted by atomic mass is 32.2. The second-order valence-corrected chi connectivity index (χ2v) is 4.68. The quantitative estimate of drug-likeness (QED) is 0.344. The number of thioether (sulfide) groups is 1. The van der Waals surface area contributed by atoms with Gasteiger partial charge >= 0.3 is 0 Å². The number of oxime groups is 1. The average Bonchev–Trinajstić information content (AvgIpc) is 2.39. The third kappa shape index (κ3) is 2.21. The third-order valence-corrected chi connectivity index (χ3v) is 3.43. The lowest BCUT2D eigenvalue weighted by Crippen LogP contribution is -2.34. The van der Waals surface area contributed by atoms with E-state index in [1.54, 1.807) is 6.20 Å². The predicted molar refractivity (Wildman–Crippen MR) is 66.3 cm³/mol. The van der Waals surface area contributed by atoms with Crippen LogP contribution in [0.2, 0.25) is 0 Å². The molecule has 0 saturated carbocycles. The molecule has 86 valence electrons. The minimum absolute atomic E-state index is 0.0637. The van der Waals surface area contributed by atoms with E-state index in [2.05, 4.69) is 15.0 Å². The summed E-state index contributed by atoms with van der Waals surface area (Å²) < 4.78 is 0. The molecule has 1 aliphatic heterocycles. The Bertz CT molecular complexity index is 390. The fourth-order valence-electron chi connectivity index (χ4n) is 1.70. The summed E-state index contributed by atoms with van der Waals surface area (Å²) in [5.41, 5.74) is 7.10. The average molecular weight is 238 g/mol. The summed E-state index contributed by atoms with van der Waals surface area (Å²) in [6.45, 7) is 1.95. The van der Waals surface area contributed by atoms with Crippen LogP contribution in [0.3, 0.4) is 0 Å². The van der Waals surface area contributed by atoms with E-state index in [-0.39, 0.29) is 5.84 Å². The van der Waals surface area contributed by atoms with Gasteiger partial charge in [0.25, 0.3) is 0 Å². The molecule has 1 saturated heterocycles. The van der Waals surface area contributed by atoms with Gasteiger partial charge in [-0.1, -0.05) is 5.16 Å². The van der Waals surface area contributed by atoms with Crippen molar-refractivity contribution in [2.75, 3.05) is 29.5 Å². The molecule has 2 rings (SSSR count).